The van der Waals surface area contributed by atoms with Crippen LogP contribution in [0.2, 0.25) is 5.28 Å². The van der Waals surface area contributed by atoms with E-state index in [1.165, 1.54) is 0 Å². The van der Waals surface area contributed by atoms with Crippen molar-refractivity contribution in [3.05, 3.63) is 11.1 Å². The Morgan fingerprint density at radius 3 is 2.93 bits per heavy atom. The third-order valence-electron chi connectivity index (χ3n) is 2.11. The zero-order valence-electron chi connectivity index (χ0n) is 7.61. The Balaban J connectivity index is 2.07. The van der Waals surface area contributed by atoms with E-state index in [1.54, 1.807) is 0 Å². The standard InChI is InChI=1S/C8H11ClN4O/c9-7-11-6(12-8(10)13-7)4-5-2-1-3-14-5/h5H,1-4H2,(H2,10,11,12,13). The SMILES string of the molecule is Nc1nc(Cl)nc(CC2CCCO2)n1. The van der Waals surface area contributed by atoms with Crippen molar-refractivity contribution in [1.82, 2.24) is 15.0 Å². The summed E-state index contributed by atoms with van der Waals surface area (Å²) in [5.41, 5.74) is 5.45. The lowest BCUT2D eigenvalue weighted by Gasteiger charge is -2.07. The smallest absolute Gasteiger partial charge is 0.227 e. The van der Waals surface area contributed by atoms with Gasteiger partial charge in [-0.25, -0.2) is 4.98 Å². The molecule has 0 bridgehead atoms. The highest BCUT2D eigenvalue weighted by molar-refractivity contribution is 6.28. The van der Waals surface area contributed by atoms with Crippen LogP contribution in [0.25, 0.3) is 0 Å². The van der Waals surface area contributed by atoms with Crippen molar-refractivity contribution >= 4 is 17.5 Å². The number of anilines is 1. The second-order valence-corrected chi connectivity index (χ2v) is 3.56. The van der Waals surface area contributed by atoms with Crippen LogP contribution in [0.3, 0.4) is 0 Å². The summed E-state index contributed by atoms with van der Waals surface area (Å²) in [5.74, 6) is 0.771. The van der Waals surface area contributed by atoms with Crippen LogP contribution in [0, 0.1) is 0 Å². The Bertz CT molecular complexity index is 307. The lowest BCUT2D eigenvalue weighted by molar-refractivity contribution is 0.110. The minimum absolute atomic E-state index is 0.144. The molecule has 76 valence electrons. The van der Waals surface area contributed by atoms with E-state index in [-0.39, 0.29) is 17.3 Å². The molecule has 1 saturated heterocycles. The van der Waals surface area contributed by atoms with Gasteiger partial charge in [-0.1, -0.05) is 0 Å². The molecule has 1 aliphatic rings. The third kappa shape index (κ3) is 2.30. The Kier molecular flexibility index (Phi) is 2.79. The molecule has 0 aromatic carbocycles. The van der Waals surface area contributed by atoms with Crippen molar-refractivity contribution in [3.8, 4) is 0 Å². The van der Waals surface area contributed by atoms with Gasteiger partial charge in [0.05, 0.1) is 6.10 Å². The molecule has 14 heavy (non-hydrogen) atoms. The molecule has 1 aromatic heterocycles. The predicted molar refractivity (Wildman–Crippen MR) is 51.9 cm³/mol. The molecule has 2 N–H and O–H groups in total. The monoisotopic (exact) mass is 214 g/mol. The van der Waals surface area contributed by atoms with Gasteiger partial charge in [0.25, 0.3) is 0 Å². The highest BCUT2D eigenvalue weighted by Crippen LogP contribution is 2.16. The highest BCUT2D eigenvalue weighted by atomic mass is 35.5. The van der Waals surface area contributed by atoms with Gasteiger partial charge in [-0.3, -0.25) is 0 Å². The Morgan fingerprint density at radius 2 is 2.29 bits per heavy atom. The second-order valence-electron chi connectivity index (χ2n) is 3.22. The van der Waals surface area contributed by atoms with E-state index in [9.17, 15) is 0 Å². The minimum atomic E-state index is 0.144. The lowest BCUT2D eigenvalue weighted by atomic mass is 10.2. The van der Waals surface area contributed by atoms with Crippen LogP contribution in [-0.2, 0) is 11.2 Å². The van der Waals surface area contributed by atoms with Crippen LogP contribution in [0.5, 0.6) is 0 Å². The Hall–Kier alpha value is -0.940. The number of nitrogens with two attached hydrogens (primary N) is 1. The first kappa shape index (κ1) is 9.61. The topological polar surface area (TPSA) is 73.9 Å². The zero-order chi connectivity index (χ0) is 9.97. The normalized spacial score (nSPS) is 21.4. The first-order valence-electron chi connectivity index (χ1n) is 4.51. The maximum absolute atomic E-state index is 5.65. The molecule has 0 amide bonds. The first-order chi connectivity index (χ1) is 6.74. The van der Waals surface area contributed by atoms with E-state index in [4.69, 9.17) is 22.1 Å². The van der Waals surface area contributed by atoms with E-state index in [0.29, 0.717) is 12.2 Å². The number of halogens is 1. The van der Waals surface area contributed by atoms with Crippen LogP contribution in [0.1, 0.15) is 18.7 Å². The summed E-state index contributed by atoms with van der Waals surface area (Å²) in [5, 5.41) is 0.144. The summed E-state index contributed by atoms with van der Waals surface area (Å²) in [6, 6.07) is 0. The molecule has 0 aliphatic carbocycles. The fourth-order valence-corrected chi connectivity index (χ4v) is 1.69. The molecule has 0 radical (unpaired) electrons. The van der Waals surface area contributed by atoms with E-state index >= 15 is 0 Å². The highest BCUT2D eigenvalue weighted by Gasteiger charge is 2.17. The Labute approximate surface area is 86.7 Å². The van der Waals surface area contributed by atoms with Crippen molar-refractivity contribution in [1.29, 1.82) is 0 Å². The molecule has 0 spiro atoms. The summed E-state index contributed by atoms with van der Waals surface area (Å²) in [6.45, 7) is 0.818. The van der Waals surface area contributed by atoms with Crippen LogP contribution < -0.4 is 5.73 Å². The second kappa shape index (κ2) is 4.06. The fraction of sp³-hybridized carbons (Fsp3) is 0.625. The Morgan fingerprint density at radius 1 is 1.43 bits per heavy atom. The maximum Gasteiger partial charge on any atom is 0.227 e. The third-order valence-corrected chi connectivity index (χ3v) is 2.27. The number of nitrogen functional groups attached to an aromatic ring is 1. The molecule has 5 nitrogen and oxygen atoms in total. The molecule has 0 saturated carbocycles. The molecule has 1 aromatic rings. The molecule has 2 rings (SSSR count). The van der Waals surface area contributed by atoms with E-state index in [0.717, 1.165) is 19.4 Å². The average Bonchev–Trinajstić information content (AvgIpc) is 2.54. The van der Waals surface area contributed by atoms with Gasteiger partial charge >= 0.3 is 0 Å². The van der Waals surface area contributed by atoms with Gasteiger partial charge in [-0.2, -0.15) is 9.97 Å². The quantitative estimate of drug-likeness (QED) is 0.789. The molecule has 6 heteroatoms. The molecular formula is C8H11ClN4O. The van der Waals surface area contributed by atoms with Gasteiger partial charge in [0.1, 0.15) is 5.82 Å². The van der Waals surface area contributed by atoms with Crippen molar-refractivity contribution in [3.63, 3.8) is 0 Å². The van der Waals surface area contributed by atoms with Gasteiger partial charge < -0.3 is 10.5 Å². The first-order valence-corrected chi connectivity index (χ1v) is 4.89. The minimum Gasteiger partial charge on any atom is -0.378 e. The van der Waals surface area contributed by atoms with E-state index in [1.807, 2.05) is 0 Å². The van der Waals surface area contributed by atoms with E-state index in [2.05, 4.69) is 15.0 Å². The van der Waals surface area contributed by atoms with E-state index < -0.39 is 0 Å². The van der Waals surface area contributed by atoms with Crippen LogP contribution in [0.4, 0.5) is 5.95 Å². The summed E-state index contributed by atoms with van der Waals surface area (Å²) in [7, 11) is 0. The largest absolute Gasteiger partial charge is 0.378 e. The number of aromatic nitrogens is 3. The van der Waals surface area contributed by atoms with Crippen molar-refractivity contribution < 1.29 is 4.74 Å². The van der Waals surface area contributed by atoms with Crippen LogP contribution in [0.15, 0.2) is 0 Å². The van der Waals surface area contributed by atoms with Crippen LogP contribution in [-0.4, -0.2) is 27.7 Å². The summed E-state index contributed by atoms with van der Waals surface area (Å²) < 4.78 is 5.45. The summed E-state index contributed by atoms with van der Waals surface area (Å²) in [6.07, 6.45) is 3.00. The zero-order valence-corrected chi connectivity index (χ0v) is 8.37. The molecular weight excluding hydrogens is 204 g/mol. The van der Waals surface area contributed by atoms with Gasteiger partial charge in [0.15, 0.2) is 0 Å². The number of nitrogens with zero attached hydrogens (tertiary/aromatic N) is 3. The van der Waals surface area contributed by atoms with Gasteiger partial charge in [0, 0.05) is 13.0 Å². The average molecular weight is 215 g/mol. The number of hydrogen-bond donors (Lipinski definition) is 1. The molecule has 1 atom stereocenters. The number of rotatable bonds is 2. The van der Waals surface area contributed by atoms with Crippen molar-refractivity contribution in [2.45, 2.75) is 25.4 Å². The van der Waals surface area contributed by atoms with Gasteiger partial charge in [-0.05, 0) is 24.4 Å². The van der Waals surface area contributed by atoms with Crippen molar-refractivity contribution in [2.24, 2.45) is 0 Å². The predicted octanol–water partition coefficient (Wildman–Crippen LogP) is 0.829. The molecule has 1 fully saturated rings. The fourth-order valence-electron chi connectivity index (χ4n) is 1.51. The lowest BCUT2D eigenvalue weighted by Crippen LogP contribution is -2.13. The summed E-state index contributed by atoms with van der Waals surface area (Å²) in [4.78, 5) is 11.7. The maximum atomic E-state index is 5.65. The van der Waals surface area contributed by atoms with Crippen LogP contribution >= 0.6 is 11.6 Å². The van der Waals surface area contributed by atoms with Gasteiger partial charge in [0.2, 0.25) is 11.2 Å². The number of hydrogen-bond acceptors (Lipinski definition) is 5. The molecule has 1 aliphatic heterocycles. The number of ether oxygens (including phenoxy) is 1. The summed E-state index contributed by atoms with van der Waals surface area (Å²) >= 11 is 5.65. The molecule has 1 unspecified atom stereocenters. The van der Waals surface area contributed by atoms with Crippen molar-refractivity contribution in [2.75, 3.05) is 12.3 Å². The molecule has 2 heterocycles. The van der Waals surface area contributed by atoms with Gasteiger partial charge in [-0.15, -0.1) is 0 Å².